The summed E-state index contributed by atoms with van der Waals surface area (Å²) in [6.45, 7) is 3.19. The van der Waals surface area contributed by atoms with Crippen molar-refractivity contribution in [3.63, 3.8) is 0 Å². The van der Waals surface area contributed by atoms with Crippen LogP contribution >= 0.6 is 0 Å². The van der Waals surface area contributed by atoms with Gasteiger partial charge in [0.05, 0.1) is 9.82 Å². The Labute approximate surface area is 124 Å². The molecule has 0 spiro atoms. The molecule has 0 atom stereocenters. The van der Waals surface area contributed by atoms with Crippen molar-refractivity contribution in [2.75, 3.05) is 44.4 Å². The summed E-state index contributed by atoms with van der Waals surface area (Å²) >= 11 is 0. The molecule has 7 nitrogen and oxygen atoms in total. The molecule has 2 rings (SSSR count). The Kier molecular flexibility index (Phi) is 4.48. The molecule has 1 aromatic rings. The molecule has 1 saturated heterocycles. The second-order valence-corrected chi connectivity index (χ2v) is 7.34. The molecular formula is C13H19N3O4S. The maximum Gasteiger partial charge on any atom is 0.293 e. The van der Waals surface area contributed by atoms with Crippen LogP contribution in [-0.4, -0.2) is 57.7 Å². The first kappa shape index (κ1) is 15.7. The fraction of sp³-hybridized carbons (Fsp3) is 0.538. The maximum atomic E-state index is 11.6. The molecule has 0 N–H and O–H groups in total. The number of likely N-dealkylation sites (N-methyl/N-ethyl adjacent to an activating group) is 1. The zero-order valence-electron chi connectivity index (χ0n) is 12.2. The van der Waals surface area contributed by atoms with Crippen molar-refractivity contribution in [1.82, 2.24) is 4.90 Å². The van der Waals surface area contributed by atoms with E-state index in [1.807, 2.05) is 11.9 Å². The molecule has 0 unspecified atom stereocenters. The van der Waals surface area contributed by atoms with Crippen LogP contribution in [0.3, 0.4) is 0 Å². The zero-order valence-corrected chi connectivity index (χ0v) is 13.0. The predicted octanol–water partition coefficient (Wildman–Crippen LogP) is 1.14. The molecule has 21 heavy (non-hydrogen) atoms. The van der Waals surface area contributed by atoms with E-state index in [1.54, 1.807) is 6.07 Å². The van der Waals surface area contributed by atoms with Crippen LogP contribution in [-0.2, 0) is 9.84 Å². The van der Waals surface area contributed by atoms with Crippen molar-refractivity contribution in [1.29, 1.82) is 0 Å². The summed E-state index contributed by atoms with van der Waals surface area (Å²) < 4.78 is 23.1. The highest BCUT2D eigenvalue weighted by atomic mass is 32.2. The van der Waals surface area contributed by atoms with Gasteiger partial charge in [0.1, 0.15) is 5.69 Å². The van der Waals surface area contributed by atoms with Gasteiger partial charge in [-0.15, -0.1) is 0 Å². The molecule has 0 bridgehead atoms. The lowest BCUT2D eigenvalue weighted by Crippen LogP contribution is -2.29. The Hall–Kier alpha value is -1.67. The van der Waals surface area contributed by atoms with Crippen molar-refractivity contribution >= 4 is 21.2 Å². The van der Waals surface area contributed by atoms with Crippen LogP contribution in [0.15, 0.2) is 23.1 Å². The number of nitrogens with zero attached hydrogens (tertiary/aromatic N) is 3. The number of hydrogen-bond donors (Lipinski definition) is 0. The van der Waals surface area contributed by atoms with Crippen LogP contribution in [0, 0.1) is 10.1 Å². The third-order valence-corrected chi connectivity index (χ3v) is 4.74. The van der Waals surface area contributed by atoms with Crippen molar-refractivity contribution in [3.05, 3.63) is 28.3 Å². The van der Waals surface area contributed by atoms with Crippen LogP contribution in [0.2, 0.25) is 0 Å². The van der Waals surface area contributed by atoms with E-state index < -0.39 is 14.8 Å². The Morgan fingerprint density at radius 3 is 2.52 bits per heavy atom. The van der Waals surface area contributed by atoms with Gasteiger partial charge in [0.15, 0.2) is 9.84 Å². The van der Waals surface area contributed by atoms with Crippen LogP contribution in [0.25, 0.3) is 0 Å². The third kappa shape index (κ3) is 3.70. The SMILES string of the molecule is CN1CCCN(c2ccc(S(C)(=O)=O)cc2[N+](=O)[O-])CC1. The first-order chi connectivity index (χ1) is 9.79. The largest absolute Gasteiger partial charge is 0.365 e. The summed E-state index contributed by atoms with van der Waals surface area (Å²) in [6.07, 6.45) is 1.97. The molecule has 8 heteroatoms. The lowest BCUT2D eigenvalue weighted by molar-refractivity contribution is -0.384. The summed E-state index contributed by atoms with van der Waals surface area (Å²) in [4.78, 5) is 14.9. The van der Waals surface area contributed by atoms with Gasteiger partial charge in [0.2, 0.25) is 0 Å². The minimum Gasteiger partial charge on any atom is -0.365 e. The van der Waals surface area contributed by atoms with E-state index in [-0.39, 0.29) is 10.6 Å². The standard InChI is InChI=1S/C13H19N3O4S/c1-14-6-3-7-15(9-8-14)12-5-4-11(21(2,19)20)10-13(12)16(17)18/h4-5,10H,3,6-9H2,1-2H3. The number of nitro groups is 1. The number of sulfone groups is 1. The number of rotatable bonds is 3. The average molecular weight is 313 g/mol. The van der Waals surface area contributed by atoms with E-state index in [4.69, 9.17) is 0 Å². The first-order valence-corrected chi connectivity index (χ1v) is 8.60. The average Bonchev–Trinajstić information content (AvgIpc) is 2.61. The van der Waals surface area contributed by atoms with Gasteiger partial charge in [-0.05, 0) is 32.1 Å². The summed E-state index contributed by atoms with van der Waals surface area (Å²) in [5, 5.41) is 11.3. The second kappa shape index (κ2) is 5.98. The molecule has 1 aliphatic heterocycles. The van der Waals surface area contributed by atoms with Gasteiger partial charge in [-0.1, -0.05) is 0 Å². The van der Waals surface area contributed by atoms with Crippen molar-refractivity contribution < 1.29 is 13.3 Å². The van der Waals surface area contributed by atoms with Gasteiger partial charge in [-0.25, -0.2) is 8.42 Å². The highest BCUT2D eigenvalue weighted by Crippen LogP contribution is 2.31. The summed E-state index contributed by atoms with van der Waals surface area (Å²) in [5.41, 5.74) is 0.338. The van der Waals surface area contributed by atoms with Gasteiger partial charge in [-0.2, -0.15) is 0 Å². The van der Waals surface area contributed by atoms with Crippen LogP contribution in [0.5, 0.6) is 0 Å². The van der Waals surface area contributed by atoms with E-state index in [1.165, 1.54) is 6.07 Å². The Bertz CT molecular complexity index is 645. The van der Waals surface area contributed by atoms with Gasteiger partial charge in [-0.3, -0.25) is 10.1 Å². The first-order valence-electron chi connectivity index (χ1n) is 6.71. The highest BCUT2D eigenvalue weighted by Gasteiger charge is 2.23. The Balaban J connectivity index is 2.41. The molecule has 116 valence electrons. The fourth-order valence-electron chi connectivity index (χ4n) is 2.43. The van der Waals surface area contributed by atoms with E-state index in [0.717, 1.165) is 38.4 Å². The van der Waals surface area contributed by atoms with E-state index >= 15 is 0 Å². The molecular weight excluding hydrogens is 294 g/mol. The van der Waals surface area contributed by atoms with E-state index in [0.29, 0.717) is 12.2 Å². The minimum absolute atomic E-state index is 0.0233. The molecule has 0 aliphatic carbocycles. The smallest absolute Gasteiger partial charge is 0.293 e. The molecule has 1 aliphatic rings. The lowest BCUT2D eigenvalue weighted by atomic mass is 10.2. The quantitative estimate of drug-likeness (QED) is 0.614. The van der Waals surface area contributed by atoms with Crippen LogP contribution in [0.1, 0.15) is 6.42 Å². The monoisotopic (exact) mass is 313 g/mol. The lowest BCUT2D eigenvalue weighted by Gasteiger charge is -2.22. The molecule has 1 aromatic carbocycles. The fourth-order valence-corrected chi connectivity index (χ4v) is 3.08. The molecule has 0 saturated carbocycles. The third-order valence-electron chi connectivity index (χ3n) is 3.63. The van der Waals surface area contributed by atoms with Crippen LogP contribution < -0.4 is 4.90 Å². The van der Waals surface area contributed by atoms with Crippen LogP contribution in [0.4, 0.5) is 11.4 Å². The summed E-state index contributed by atoms with van der Waals surface area (Å²) in [5.74, 6) is 0. The second-order valence-electron chi connectivity index (χ2n) is 5.32. The van der Waals surface area contributed by atoms with Gasteiger partial charge in [0.25, 0.3) is 5.69 Å². The number of anilines is 1. The number of benzene rings is 1. The topological polar surface area (TPSA) is 83.8 Å². The Morgan fingerprint density at radius 2 is 1.90 bits per heavy atom. The van der Waals surface area contributed by atoms with Gasteiger partial charge in [0, 0.05) is 32.0 Å². The Morgan fingerprint density at radius 1 is 1.19 bits per heavy atom. The predicted molar refractivity (Wildman–Crippen MR) is 80.5 cm³/mol. The molecule has 0 radical (unpaired) electrons. The van der Waals surface area contributed by atoms with Gasteiger partial charge >= 0.3 is 0 Å². The van der Waals surface area contributed by atoms with E-state index in [9.17, 15) is 18.5 Å². The normalized spacial score (nSPS) is 17.5. The van der Waals surface area contributed by atoms with Crippen molar-refractivity contribution in [2.24, 2.45) is 0 Å². The zero-order chi connectivity index (χ0) is 15.6. The minimum atomic E-state index is -3.45. The molecule has 0 amide bonds. The van der Waals surface area contributed by atoms with Crippen molar-refractivity contribution in [3.8, 4) is 0 Å². The summed E-state index contributed by atoms with van der Waals surface area (Å²) in [7, 11) is -1.43. The molecule has 1 fully saturated rings. The maximum absolute atomic E-state index is 11.6. The van der Waals surface area contributed by atoms with E-state index in [2.05, 4.69) is 4.90 Å². The molecule has 0 aromatic heterocycles. The number of hydrogen-bond acceptors (Lipinski definition) is 6. The number of nitro benzene ring substituents is 1. The van der Waals surface area contributed by atoms with Gasteiger partial charge < -0.3 is 9.80 Å². The summed E-state index contributed by atoms with van der Waals surface area (Å²) in [6, 6.07) is 4.13. The van der Waals surface area contributed by atoms with Crippen molar-refractivity contribution in [2.45, 2.75) is 11.3 Å². The molecule has 1 heterocycles. The highest BCUT2D eigenvalue weighted by molar-refractivity contribution is 7.90.